The first-order valence-corrected chi connectivity index (χ1v) is 9.51. The number of hydrogen-bond acceptors (Lipinski definition) is 5. The Morgan fingerprint density at radius 2 is 1.93 bits per heavy atom. The van der Waals surface area contributed by atoms with Gasteiger partial charge in [-0.25, -0.2) is 9.59 Å². The summed E-state index contributed by atoms with van der Waals surface area (Å²) in [4.78, 5) is 39.0. The van der Waals surface area contributed by atoms with Gasteiger partial charge in [0.15, 0.2) is 0 Å². The average Bonchev–Trinajstić information content (AvgIpc) is 2.69. The fourth-order valence-corrected chi connectivity index (χ4v) is 3.66. The lowest BCUT2D eigenvalue weighted by Crippen LogP contribution is -2.48. The first-order chi connectivity index (χ1) is 14.1. The van der Waals surface area contributed by atoms with Crippen molar-refractivity contribution >= 4 is 17.8 Å². The van der Waals surface area contributed by atoms with Crippen LogP contribution in [0.15, 0.2) is 35.5 Å². The molecule has 1 heterocycles. The maximum Gasteiger partial charge on any atom is 0.416 e. The number of alkyl halides is 3. The maximum atomic E-state index is 13.2. The molecule has 0 fully saturated rings. The number of halogens is 3. The number of methoxy groups -OCH3 is 1. The first-order valence-electron chi connectivity index (χ1n) is 9.51. The maximum absolute atomic E-state index is 13.2. The third kappa shape index (κ3) is 4.66. The first kappa shape index (κ1) is 23.4. The molecule has 1 aliphatic rings. The van der Waals surface area contributed by atoms with Crippen LogP contribution in [-0.4, -0.2) is 42.5 Å². The molecule has 2 unspecified atom stereocenters. The minimum Gasteiger partial charge on any atom is -0.466 e. The van der Waals surface area contributed by atoms with Crippen LogP contribution in [0.5, 0.6) is 0 Å². The number of carbonyl (C=O) groups excluding carboxylic acids is 3. The largest absolute Gasteiger partial charge is 0.466 e. The van der Waals surface area contributed by atoms with Crippen LogP contribution >= 0.6 is 0 Å². The molecule has 1 aromatic rings. The molecular weight excluding hydrogens is 403 g/mol. The number of esters is 2. The topological polar surface area (TPSA) is 72.9 Å². The molecule has 9 heteroatoms. The molecule has 30 heavy (non-hydrogen) atoms. The van der Waals surface area contributed by atoms with Gasteiger partial charge in [0.05, 0.1) is 24.9 Å². The molecule has 0 spiro atoms. The van der Waals surface area contributed by atoms with Gasteiger partial charge >= 0.3 is 18.1 Å². The van der Waals surface area contributed by atoms with Crippen LogP contribution in [0.1, 0.15) is 50.7 Å². The normalized spacial score (nSPS) is 18.3. The summed E-state index contributed by atoms with van der Waals surface area (Å²) in [6.07, 6.45) is -4.61. The van der Waals surface area contributed by atoms with Gasteiger partial charge in [-0.15, -0.1) is 0 Å². The van der Waals surface area contributed by atoms with E-state index in [0.29, 0.717) is 0 Å². The van der Waals surface area contributed by atoms with Crippen LogP contribution in [-0.2, 0) is 30.0 Å². The quantitative estimate of drug-likeness (QED) is 0.646. The standard InChI is InChI=1S/C21H24F3NO5/c1-5-16(19(27)30-6-2)25-12(3)18(20(28)29-4)15(11-17(25)26)13-8-7-9-14(10-13)21(22,23)24/h7-10,15-16H,5-6,11H2,1-4H3. The lowest BCUT2D eigenvalue weighted by Gasteiger charge is -2.37. The molecule has 1 aliphatic heterocycles. The molecule has 0 N–H and O–H groups in total. The molecule has 6 nitrogen and oxygen atoms in total. The molecule has 0 aliphatic carbocycles. The van der Waals surface area contributed by atoms with Gasteiger partial charge in [0.25, 0.3) is 0 Å². The van der Waals surface area contributed by atoms with E-state index in [2.05, 4.69) is 0 Å². The summed E-state index contributed by atoms with van der Waals surface area (Å²) < 4.78 is 49.3. The number of amides is 1. The lowest BCUT2D eigenvalue weighted by atomic mass is 9.82. The highest BCUT2D eigenvalue weighted by molar-refractivity contribution is 5.97. The fraction of sp³-hybridized carbons (Fsp3) is 0.476. The zero-order chi connectivity index (χ0) is 22.6. The van der Waals surface area contributed by atoms with Gasteiger partial charge in [0.1, 0.15) is 6.04 Å². The lowest BCUT2D eigenvalue weighted by molar-refractivity contribution is -0.154. The number of hydrogen-bond donors (Lipinski definition) is 0. The van der Waals surface area contributed by atoms with Gasteiger partial charge in [-0.05, 0) is 31.9 Å². The van der Waals surface area contributed by atoms with E-state index in [1.165, 1.54) is 24.0 Å². The monoisotopic (exact) mass is 427 g/mol. The Kier molecular flexibility index (Phi) is 7.28. The Labute approximate surface area is 172 Å². The third-order valence-corrected chi connectivity index (χ3v) is 5.03. The van der Waals surface area contributed by atoms with Crippen molar-refractivity contribution < 1.29 is 37.0 Å². The van der Waals surface area contributed by atoms with E-state index in [1.807, 2.05) is 0 Å². The minimum atomic E-state index is -4.57. The van der Waals surface area contributed by atoms with E-state index in [4.69, 9.17) is 9.47 Å². The molecular formula is C21H24F3NO5. The van der Waals surface area contributed by atoms with Gasteiger partial charge in [0.2, 0.25) is 5.91 Å². The predicted molar refractivity (Wildman–Crippen MR) is 101 cm³/mol. The van der Waals surface area contributed by atoms with Gasteiger partial charge in [-0.3, -0.25) is 4.79 Å². The molecule has 1 aromatic carbocycles. The van der Waals surface area contributed by atoms with Crippen LogP contribution in [0.25, 0.3) is 0 Å². The highest BCUT2D eigenvalue weighted by Gasteiger charge is 2.42. The van der Waals surface area contributed by atoms with Crippen molar-refractivity contribution in [3.8, 4) is 0 Å². The predicted octanol–water partition coefficient (Wildman–Crippen LogP) is 3.81. The van der Waals surface area contributed by atoms with Crippen molar-refractivity contribution in [2.24, 2.45) is 0 Å². The van der Waals surface area contributed by atoms with E-state index in [9.17, 15) is 27.6 Å². The smallest absolute Gasteiger partial charge is 0.416 e. The van der Waals surface area contributed by atoms with Crippen molar-refractivity contribution in [1.82, 2.24) is 4.90 Å². The molecule has 0 saturated heterocycles. The van der Waals surface area contributed by atoms with Crippen LogP contribution in [0, 0.1) is 0 Å². The Bertz CT molecular complexity index is 862. The molecule has 1 amide bonds. The van der Waals surface area contributed by atoms with Gasteiger partial charge < -0.3 is 14.4 Å². The van der Waals surface area contributed by atoms with E-state index in [1.54, 1.807) is 13.8 Å². The van der Waals surface area contributed by atoms with Gasteiger partial charge in [-0.1, -0.05) is 25.1 Å². The fourth-order valence-electron chi connectivity index (χ4n) is 3.66. The third-order valence-electron chi connectivity index (χ3n) is 5.03. The van der Waals surface area contributed by atoms with Crippen molar-refractivity contribution in [3.05, 3.63) is 46.7 Å². The van der Waals surface area contributed by atoms with Crippen LogP contribution in [0.3, 0.4) is 0 Å². The van der Waals surface area contributed by atoms with Crippen LogP contribution in [0.4, 0.5) is 13.2 Å². The van der Waals surface area contributed by atoms with Gasteiger partial charge in [-0.2, -0.15) is 13.2 Å². The van der Waals surface area contributed by atoms with Crippen LogP contribution in [0.2, 0.25) is 0 Å². The number of allylic oxidation sites excluding steroid dienone is 1. The minimum absolute atomic E-state index is 0.0409. The average molecular weight is 427 g/mol. The van der Waals surface area contributed by atoms with Crippen molar-refractivity contribution in [1.29, 1.82) is 0 Å². The number of ether oxygens (including phenoxy) is 2. The van der Waals surface area contributed by atoms with Crippen molar-refractivity contribution in [2.45, 2.75) is 51.7 Å². The second-order valence-corrected chi connectivity index (χ2v) is 6.81. The number of rotatable bonds is 6. The molecule has 164 valence electrons. The molecule has 0 bridgehead atoms. The summed E-state index contributed by atoms with van der Waals surface area (Å²) in [7, 11) is 1.15. The highest BCUT2D eigenvalue weighted by atomic mass is 19.4. The Balaban J connectivity index is 2.60. The van der Waals surface area contributed by atoms with Gasteiger partial charge in [0, 0.05) is 18.0 Å². The number of nitrogens with zero attached hydrogens (tertiary/aromatic N) is 1. The second-order valence-electron chi connectivity index (χ2n) is 6.81. The number of carbonyl (C=O) groups is 3. The SMILES string of the molecule is CCOC(=O)C(CC)N1C(=O)CC(c2cccc(C(F)(F)F)c2)C(C(=O)OC)=C1C. The summed E-state index contributed by atoms with van der Waals surface area (Å²) in [6, 6.07) is 3.56. The summed E-state index contributed by atoms with van der Waals surface area (Å²) in [5.41, 5.74) is -0.504. The summed E-state index contributed by atoms with van der Waals surface area (Å²) in [6.45, 7) is 4.93. The molecule has 0 saturated carbocycles. The highest BCUT2D eigenvalue weighted by Crippen LogP contribution is 2.40. The summed E-state index contributed by atoms with van der Waals surface area (Å²) in [5, 5.41) is 0. The molecule has 0 aromatic heterocycles. The number of benzene rings is 1. The van der Waals surface area contributed by atoms with Crippen molar-refractivity contribution in [2.75, 3.05) is 13.7 Å². The molecule has 2 atom stereocenters. The summed E-state index contributed by atoms with van der Waals surface area (Å²) >= 11 is 0. The van der Waals surface area contributed by atoms with Crippen molar-refractivity contribution in [3.63, 3.8) is 0 Å². The van der Waals surface area contributed by atoms with Crippen LogP contribution < -0.4 is 0 Å². The molecule has 0 radical (unpaired) electrons. The molecule has 2 rings (SSSR count). The summed E-state index contributed by atoms with van der Waals surface area (Å²) in [5.74, 6) is -2.80. The Morgan fingerprint density at radius 1 is 1.27 bits per heavy atom. The Morgan fingerprint density at radius 3 is 2.47 bits per heavy atom. The zero-order valence-corrected chi connectivity index (χ0v) is 17.2. The van der Waals surface area contributed by atoms with E-state index >= 15 is 0 Å². The van der Waals surface area contributed by atoms with E-state index < -0.39 is 41.5 Å². The second kappa shape index (κ2) is 9.32. The Hall–Kier alpha value is -2.84. The zero-order valence-electron chi connectivity index (χ0n) is 17.2. The van der Waals surface area contributed by atoms with E-state index in [0.717, 1.165) is 19.2 Å². The van der Waals surface area contributed by atoms with E-state index in [-0.39, 0.29) is 36.3 Å².